The number of azo groups is 1. The number of aromatic amines is 1. The van der Waals surface area contributed by atoms with E-state index in [2.05, 4.69) is 20.3 Å². The van der Waals surface area contributed by atoms with Crippen LogP contribution in [0.3, 0.4) is 0 Å². The Morgan fingerprint density at radius 3 is 2.62 bits per heavy atom. The molecule has 1 aromatic carbocycles. The number of thiazole rings is 1. The first-order valence-electron chi connectivity index (χ1n) is 7.92. The molecule has 26 heavy (non-hydrogen) atoms. The number of aryl methyl sites for hydroxylation is 2. The van der Waals surface area contributed by atoms with E-state index in [0.717, 1.165) is 5.69 Å². The fourth-order valence-corrected chi connectivity index (χ4v) is 2.98. The minimum atomic E-state index is -0.390. The van der Waals surface area contributed by atoms with Gasteiger partial charge in [-0.25, -0.2) is 9.78 Å². The molecule has 1 N–H and O–H groups in total. The summed E-state index contributed by atoms with van der Waals surface area (Å²) in [6, 6.07) is 6.49. The molecule has 2 aromatic heterocycles. The average Bonchev–Trinajstić information content (AvgIpc) is 3.17. The van der Waals surface area contributed by atoms with Crippen LogP contribution in [0.5, 0.6) is 0 Å². The predicted octanol–water partition coefficient (Wildman–Crippen LogP) is 3.83. The van der Waals surface area contributed by atoms with Crippen molar-refractivity contribution in [3.8, 4) is 5.13 Å². The first-order chi connectivity index (χ1) is 12.5. The van der Waals surface area contributed by atoms with Gasteiger partial charge >= 0.3 is 11.5 Å². The molecule has 0 spiro atoms. The Morgan fingerprint density at radius 2 is 2.00 bits per heavy atom. The number of rotatable bonds is 5. The molecule has 0 amide bonds. The van der Waals surface area contributed by atoms with Crippen molar-refractivity contribution in [2.45, 2.75) is 20.8 Å². The molecule has 0 aliphatic carbocycles. The van der Waals surface area contributed by atoms with Crippen molar-refractivity contribution >= 4 is 28.7 Å². The van der Waals surface area contributed by atoms with Crippen LogP contribution in [0.15, 0.2) is 44.7 Å². The zero-order chi connectivity index (χ0) is 18.7. The number of benzene rings is 1. The molecule has 0 radical (unpaired) electrons. The third-order valence-electron chi connectivity index (χ3n) is 3.48. The maximum absolute atomic E-state index is 12.5. The van der Waals surface area contributed by atoms with Gasteiger partial charge in [0, 0.05) is 5.38 Å². The highest BCUT2D eigenvalue weighted by Gasteiger charge is 2.14. The number of H-pyrrole nitrogens is 1. The Labute approximate surface area is 153 Å². The third kappa shape index (κ3) is 3.62. The standard InChI is InChI=1S/C17H17N5O3S/c1-4-25-16(24)12-5-7-13(8-6-12)19-20-14-11(3)21-22(15(14)23)17-18-10(2)9-26-17/h5-9,21H,4H2,1-3H3. The van der Waals surface area contributed by atoms with E-state index < -0.39 is 0 Å². The molecular formula is C17H17N5O3S. The number of hydrogen-bond donors (Lipinski definition) is 1. The smallest absolute Gasteiger partial charge is 0.338 e. The number of nitrogens with zero attached hydrogens (tertiary/aromatic N) is 4. The maximum Gasteiger partial charge on any atom is 0.338 e. The molecule has 0 saturated carbocycles. The number of carbonyl (C=O) groups is 1. The molecule has 3 aromatic rings. The summed E-state index contributed by atoms with van der Waals surface area (Å²) in [5.74, 6) is -0.390. The van der Waals surface area contributed by atoms with Crippen LogP contribution in [0.2, 0.25) is 0 Å². The van der Waals surface area contributed by atoms with Crippen LogP contribution in [0.4, 0.5) is 11.4 Å². The summed E-state index contributed by atoms with van der Waals surface area (Å²) in [7, 11) is 0. The Bertz CT molecular complexity index is 1010. The summed E-state index contributed by atoms with van der Waals surface area (Å²) in [6.45, 7) is 5.68. The Kier molecular flexibility index (Phi) is 5.08. The molecular weight excluding hydrogens is 354 g/mol. The van der Waals surface area contributed by atoms with Crippen molar-refractivity contribution in [3.63, 3.8) is 0 Å². The largest absolute Gasteiger partial charge is 0.462 e. The number of ether oxygens (including phenoxy) is 1. The van der Waals surface area contributed by atoms with E-state index in [1.807, 2.05) is 12.3 Å². The number of aromatic nitrogens is 3. The highest BCUT2D eigenvalue weighted by atomic mass is 32.1. The van der Waals surface area contributed by atoms with Crippen LogP contribution in [-0.4, -0.2) is 27.3 Å². The van der Waals surface area contributed by atoms with Crippen molar-refractivity contribution < 1.29 is 9.53 Å². The monoisotopic (exact) mass is 371 g/mol. The molecule has 8 nitrogen and oxygen atoms in total. The Morgan fingerprint density at radius 1 is 1.27 bits per heavy atom. The van der Waals surface area contributed by atoms with Gasteiger partial charge in [-0.3, -0.25) is 9.89 Å². The summed E-state index contributed by atoms with van der Waals surface area (Å²) in [6.07, 6.45) is 0. The van der Waals surface area contributed by atoms with Crippen LogP contribution in [0, 0.1) is 13.8 Å². The van der Waals surface area contributed by atoms with Crippen molar-refractivity contribution in [1.82, 2.24) is 14.8 Å². The third-order valence-corrected chi connectivity index (χ3v) is 4.43. The van der Waals surface area contributed by atoms with Gasteiger partial charge in [0.2, 0.25) is 5.13 Å². The zero-order valence-electron chi connectivity index (χ0n) is 14.5. The lowest BCUT2D eigenvalue weighted by Gasteiger charge is -2.00. The van der Waals surface area contributed by atoms with Crippen LogP contribution in [0.25, 0.3) is 5.13 Å². The van der Waals surface area contributed by atoms with Gasteiger partial charge < -0.3 is 4.74 Å². The van der Waals surface area contributed by atoms with Gasteiger partial charge in [0.25, 0.3) is 0 Å². The minimum Gasteiger partial charge on any atom is -0.462 e. The van der Waals surface area contributed by atoms with E-state index >= 15 is 0 Å². The first-order valence-corrected chi connectivity index (χ1v) is 8.80. The van der Waals surface area contributed by atoms with E-state index in [0.29, 0.717) is 28.7 Å². The molecule has 134 valence electrons. The van der Waals surface area contributed by atoms with Crippen LogP contribution < -0.4 is 5.56 Å². The SMILES string of the molecule is CCOC(=O)c1ccc(N=Nc2c(C)[nH]n(-c3nc(C)cs3)c2=O)cc1. The molecule has 0 atom stereocenters. The van der Waals surface area contributed by atoms with Gasteiger partial charge in [-0.2, -0.15) is 9.80 Å². The topological polar surface area (TPSA) is 102 Å². The van der Waals surface area contributed by atoms with Crippen molar-refractivity contribution in [2.75, 3.05) is 6.61 Å². The summed E-state index contributed by atoms with van der Waals surface area (Å²) in [5.41, 5.74) is 2.29. The molecule has 0 saturated heterocycles. The number of hydrogen-bond acceptors (Lipinski definition) is 7. The van der Waals surface area contributed by atoms with Crippen molar-refractivity contribution in [1.29, 1.82) is 0 Å². The Balaban J connectivity index is 1.84. The summed E-state index contributed by atoms with van der Waals surface area (Å²) in [4.78, 5) is 28.4. The number of esters is 1. The zero-order valence-corrected chi connectivity index (χ0v) is 15.3. The van der Waals surface area contributed by atoms with E-state index in [1.165, 1.54) is 16.0 Å². The quantitative estimate of drug-likeness (QED) is 0.544. The fraction of sp³-hybridized carbons (Fsp3) is 0.235. The second-order valence-electron chi connectivity index (χ2n) is 5.46. The predicted molar refractivity (Wildman–Crippen MR) is 98.1 cm³/mol. The highest BCUT2D eigenvalue weighted by molar-refractivity contribution is 7.12. The van der Waals surface area contributed by atoms with Crippen molar-refractivity contribution in [2.24, 2.45) is 10.2 Å². The van der Waals surface area contributed by atoms with E-state index in [1.54, 1.807) is 38.1 Å². The molecule has 0 unspecified atom stereocenters. The molecule has 3 rings (SSSR count). The Hall–Kier alpha value is -3.07. The lowest BCUT2D eigenvalue weighted by atomic mass is 10.2. The van der Waals surface area contributed by atoms with Gasteiger partial charge in [0.15, 0.2) is 5.69 Å². The average molecular weight is 371 g/mol. The molecule has 0 bridgehead atoms. The normalized spacial score (nSPS) is 11.2. The molecule has 2 heterocycles. The number of nitrogens with one attached hydrogen (secondary N) is 1. The maximum atomic E-state index is 12.5. The second-order valence-corrected chi connectivity index (χ2v) is 6.30. The van der Waals surface area contributed by atoms with Gasteiger partial charge in [-0.05, 0) is 45.0 Å². The van der Waals surface area contributed by atoms with Gasteiger partial charge in [-0.15, -0.1) is 16.5 Å². The molecule has 0 aliphatic heterocycles. The van der Waals surface area contributed by atoms with Crippen LogP contribution in [-0.2, 0) is 4.74 Å². The molecule has 9 heteroatoms. The summed E-state index contributed by atoms with van der Waals surface area (Å²) >= 11 is 1.37. The van der Waals surface area contributed by atoms with Gasteiger partial charge in [0.1, 0.15) is 0 Å². The van der Waals surface area contributed by atoms with Crippen LogP contribution in [0.1, 0.15) is 28.7 Å². The van der Waals surface area contributed by atoms with E-state index in [4.69, 9.17) is 4.74 Å². The number of carbonyl (C=O) groups excluding carboxylic acids is 1. The van der Waals surface area contributed by atoms with E-state index in [9.17, 15) is 9.59 Å². The first kappa shape index (κ1) is 17.7. The highest BCUT2D eigenvalue weighted by Crippen LogP contribution is 2.20. The summed E-state index contributed by atoms with van der Waals surface area (Å²) < 4.78 is 6.28. The minimum absolute atomic E-state index is 0.215. The summed E-state index contributed by atoms with van der Waals surface area (Å²) in [5, 5.41) is 13.5. The molecule has 0 fully saturated rings. The lowest BCUT2D eigenvalue weighted by molar-refractivity contribution is 0.0526. The second kappa shape index (κ2) is 7.44. The van der Waals surface area contributed by atoms with Crippen LogP contribution >= 0.6 is 11.3 Å². The van der Waals surface area contributed by atoms with E-state index in [-0.39, 0.29) is 17.2 Å². The van der Waals surface area contributed by atoms with Gasteiger partial charge in [0.05, 0.1) is 29.2 Å². The fourth-order valence-electron chi connectivity index (χ4n) is 2.22. The van der Waals surface area contributed by atoms with Crippen molar-refractivity contribution in [3.05, 3.63) is 57.0 Å². The van der Waals surface area contributed by atoms with Gasteiger partial charge in [-0.1, -0.05) is 0 Å². The molecule has 0 aliphatic rings. The lowest BCUT2D eigenvalue weighted by Crippen LogP contribution is -2.13.